The van der Waals surface area contributed by atoms with E-state index in [2.05, 4.69) is 10.6 Å². The molecule has 2 aromatic rings. The summed E-state index contributed by atoms with van der Waals surface area (Å²) >= 11 is 0. The van der Waals surface area contributed by atoms with Crippen molar-refractivity contribution in [2.75, 3.05) is 36.5 Å². The summed E-state index contributed by atoms with van der Waals surface area (Å²) in [5, 5.41) is 5.21. The van der Waals surface area contributed by atoms with Crippen molar-refractivity contribution >= 4 is 17.4 Å². The number of ether oxygens (including phenoxy) is 1. The van der Waals surface area contributed by atoms with Gasteiger partial charge in [0.15, 0.2) is 0 Å². The monoisotopic (exact) mass is 421 g/mol. The number of alkyl halides is 3. The lowest BCUT2D eigenvalue weighted by atomic mass is 9.89. The van der Waals surface area contributed by atoms with E-state index < -0.39 is 23.3 Å². The molecule has 3 rings (SSSR count). The van der Waals surface area contributed by atoms with Gasteiger partial charge in [-0.05, 0) is 37.1 Å². The number of amides is 2. The Labute approximate surface area is 174 Å². The van der Waals surface area contributed by atoms with E-state index in [1.807, 2.05) is 49.1 Å². The summed E-state index contributed by atoms with van der Waals surface area (Å²) in [7, 11) is 0. The third-order valence-electron chi connectivity index (χ3n) is 5.44. The fourth-order valence-electron chi connectivity index (χ4n) is 3.47. The highest BCUT2D eigenvalue weighted by Crippen LogP contribution is 2.37. The molecule has 0 spiro atoms. The lowest BCUT2D eigenvalue weighted by Crippen LogP contribution is -2.45. The van der Waals surface area contributed by atoms with Crippen molar-refractivity contribution in [3.8, 4) is 0 Å². The van der Waals surface area contributed by atoms with Crippen molar-refractivity contribution in [3.63, 3.8) is 0 Å². The zero-order chi connectivity index (χ0) is 21.8. The topological polar surface area (TPSA) is 53.6 Å². The van der Waals surface area contributed by atoms with Crippen molar-refractivity contribution in [3.05, 3.63) is 59.7 Å². The molecule has 8 heteroatoms. The molecule has 1 unspecified atom stereocenters. The Morgan fingerprint density at radius 3 is 2.37 bits per heavy atom. The fourth-order valence-corrected chi connectivity index (χ4v) is 3.47. The van der Waals surface area contributed by atoms with Gasteiger partial charge in [0.1, 0.15) is 0 Å². The van der Waals surface area contributed by atoms with Gasteiger partial charge in [0, 0.05) is 18.8 Å². The summed E-state index contributed by atoms with van der Waals surface area (Å²) in [6.07, 6.45) is -4.02. The molecule has 2 amide bonds. The molecule has 1 aliphatic rings. The van der Waals surface area contributed by atoms with Gasteiger partial charge in [-0.1, -0.05) is 37.3 Å². The molecule has 30 heavy (non-hydrogen) atoms. The molecule has 5 nitrogen and oxygen atoms in total. The van der Waals surface area contributed by atoms with Gasteiger partial charge in [-0.2, -0.15) is 13.2 Å². The third kappa shape index (κ3) is 5.05. The Hall–Kier alpha value is -2.74. The van der Waals surface area contributed by atoms with Crippen molar-refractivity contribution in [1.29, 1.82) is 0 Å². The van der Waals surface area contributed by atoms with Crippen molar-refractivity contribution in [2.24, 2.45) is 0 Å². The summed E-state index contributed by atoms with van der Waals surface area (Å²) in [6.45, 7) is 5.74. The van der Waals surface area contributed by atoms with E-state index in [0.717, 1.165) is 11.6 Å². The minimum Gasteiger partial charge on any atom is -0.378 e. The number of nitrogens with zero attached hydrogens (tertiary/aromatic N) is 1. The molecule has 2 aromatic carbocycles. The first-order valence-corrected chi connectivity index (χ1v) is 9.91. The first kappa shape index (κ1) is 22.0. The molecule has 2 N–H and O–H groups in total. The fraction of sp³-hybridized carbons (Fsp3) is 0.409. The number of rotatable bonds is 5. The molecule has 1 atom stereocenters. The highest BCUT2D eigenvalue weighted by atomic mass is 19.4. The summed E-state index contributed by atoms with van der Waals surface area (Å²) in [5.74, 6) is 0. The Balaban J connectivity index is 1.81. The van der Waals surface area contributed by atoms with Gasteiger partial charge < -0.3 is 20.3 Å². The van der Waals surface area contributed by atoms with E-state index in [1.165, 1.54) is 6.07 Å². The van der Waals surface area contributed by atoms with Crippen LogP contribution in [0.4, 0.5) is 29.3 Å². The number of urea groups is 1. The second-order valence-electron chi connectivity index (χ2n) is 7.46. The van der Waals surface area contributed by atoms with Gasteiger partial charge in [0.05, 0.1) is 30.0 Å². The lowest BCUT2D eigenvalue weighted by Gasteiger charge is -2.31. The number of carbonyl (C=O) groups is 1. The highest BCUT2D eigenvalue weighted by molar-refractivity contribution is 5.91. The van der Waals surface area contributed by atoms with Crippen LogP contribution in [0.5, 0.6) is 0 Å². The molecule has 1 aliphatic heterocycles. The second kappa shape index (κ2) is 8.95. The van der Waals surface area contributed by atoms with E-state index in [9.17, 15) is 18.0 Å². The highest BCUT2D eigenvalue weighted by Gasteiger charge is 2.35. The summed E-state index contributed by atoms with van der Waals surface area (Å²) in [6, 6.07) is 12.6. The molecule has 162 valence electrons. The van der Waals surface area contributed by atoms with Crippen LogP contribution in [0.25, 0.3) is 0 Å². The molecule has 0 saturated carbocycles. The Morgan fingerprint density at radius 1 is 1.10 bits per heavy atom. The smallest absolute Gasteiger partial charge is 0.378 e. The number of morpholine rings is 1. The van der Waals surface area contributed by atoms with E-state index >= 15 is 0 Å². The Morgan fingerprint density at radius 2 is 1.77 bits per heavy atom. The van der Waals surface area contributed by atoms with Crippen LogP contribution >= 0.6 is 0 Å². The van der Waals surface area contributed by atoms with Gasteiger partial charge >= 0.3 is 12.2 Å². The first-order valence-electron chi connectivity index (χ1n) is 9.91. The molecular formula is C22H26F3N3O2. The van der Waals surface area contributed by atoms with Gasteiger partial charge in [-0.25, -0.2) is 4.79 Å². The molecule has 1 fully saturated rings. The van der Waals surface area contributed by atoms with E-state index in [1.54, 1.807) is 6.07 Å². The average Bonchev–Trinajstić information content (AvgIpc) is 2.74. The van der Waals surface area contributed by atoms with Crippen LogP contribution in [0, 0.1) is 0 Å². The number of halogens is 3. The normalized spacial score (nSPS) is 16.6. The maximum Gasteiger partial charge on any atom is 0.418 e. The van der Waals surface area contributed by atoms with E-state index in [4.69, 9.17) is 4.74 Å². The lowest BCUT2D eigenvalue weighted by molar-refractivity contribution is -0.136. The molecule has 0 aliphatic carbocycles. The van der Waals surface area contributed by atoms with Crippen molar-refractivity contribution in [1.82, 2.24) is 5.32 Å². The maximum absolute atomic E-state index is 13.7. The Kier molecular flexibility index (Phi) is 6.55. The van der Waals surface area contributed by atoms with Crippen molar-refractivity contribution < 1.29 is 22.7 Å². The predicted molar refractivity (Wildman–Crippen MR) is 111 cm³/mol. The molecule has 0 aromatic heterocycles. The number of benzene rings is 2. The molecule has 1 saturated heterocycles. The van der Waals surface area contributed by atoms with Crippen LogP contribution in [0.1, 0.15) is 31.4 Å². The van der Waals surface area contributed by atoms with Crippen LogP contribution in [0.2, 0.25) is 0 Å². The van der Waals surface area contributed by atoms with Crippen LogP contribution in [-0.4, -0.2) is 32.3 Å². The number of carbonyl (C=O) groups excluding carboxylic acids is 1. The van der Waals surface area contributed by atoms with Crippen LogP contribution in [0.3, 0.4) is 0 Å². The standard InChI is InChI=1S/C22H26F3N3O2/c1-3-21(2,16-7-5-4-6-8-16)27-20(29)26-19-10-9-17(15-18(19)22(23,24)25)28-11-13-30-14-12-28/h4-10,15H,3,11-14H2,1-2H3,(H2,26,27,29). The SMILES string of the molecule is CCC(C)(NC(=O)Nc1ccc(N2CCOCC2)cc1C(F)(F)F)c1ccccc1. The zero-order valence-electron chi connectivity index (χ0n) is 17.1. The molecule has 1 heterocycles. The Bertz CT molecular complexity index is 868. The molecule has 0 radical (unpaired) electrons. The van der Waals surface area contributed by atoms with E-state index in [0.29, 0.717) is 38.4 Å². The summed E-state index contributed by atoms with van der Waals surface area (Å²) < 4.78 is 46.4. The first-order chi connectivity index (χ1) is 14.2. The number of anilines is 2. The van der Waals surface area contributed by atoms with Crippen LogP contribution in [-0.2, 0) is 16.5 Å². The summed E-state index contributed by atoms with van der Waals surface area (Å²) in [4.78, 5) is 14.4. The quantitative estimate of drug-likeness (QED) is 0.715. The average molecular weight is 421 g/mol. The predicted octanol–water partition coefficient (Wildman–Crippen LogP) is 4.99. The number of hydrogen-bond donors (Lipinski definition) is 2. The second-order valence-corrected chi connectivity index (χ2v) is 7.46. The molecule has 0 bridgehead atoms. The van der Waals surface area contributed by atoms with Gasteiger partial charge in [0.2, 0.25) is 0 Å². The van der Waals surface area contributed by atoms with E-state index in [-0.39, 0.29) is 5.69 Å². The summed E-state index contributed by atoms with van der Waals surface area (Å²) in [5.41, 5.74) is -0.527. The number of hydrogen-bond acceptors (Lipinski definition) is 3. The van der Waals surface area contributed by atoms with Crippen LogP contribution in [0.15, 0.2) is 48.5 Å². The van der Waals surface area contributed by atoms with Crippen molar-refractivity contribution in [2.45, 2.75) is 32.0 Å². The number of nitrogens with one attached hydrogen (secondary N) is 2. The maximum atomic E-state index is 13.7. The minimum absolute atomic E-state index is 0.275. The van der Waals surface area contributed by atoms with Gasteiger partial charge in [-0.3, -0.25) is 0 Å². The zero-order valence-corrected chi connectivity index (χ0v) is 17.1. The van der Waals surface area contributed by atoms with Gasteiger partial charge in [0.25, 0.3) is 0 Å². The molecular weight excluding hydrogens is 395 g/mol. The van der Waals surface area contributed by atoms with Crippen LogP contribution < -0.4 is 15.5 Å². The largest absolute Gasteiger partial charge is 0.418 e. The van der Waals surface area contributed by atoms with Gasteiger partial charge in [-0.15, -0.1) is 0 Å². The minimum atomic E-state index is -4.60. The third-order valence-corrected chi connectivity index (χ3v) is 5.44.